The first-order valence-electron chi connectivity index (χ1n) is 6.71. The second-order valence-electron chi connectivity index (χ2n) is 4.89. The standard InChI is InChI=1S/C14H18N4S/c15-12-6-4-11(5-7-12)13-10-19-14(17-16-13)18-8-2-1-3-9-18/h4-7H,1-3,8-10,15H2. The Labute approximate surface area is 117 Å². The van der Waals surface area contributed by atoms with E-state index in [0.717, 1.165) is 41.0 Å². The van der Waals surface area contributed by atoms with E-state index in [2.05, 4.69) is 15.1 Å². The highest BCUT2D eigenvalue weighted by molar-refractivity contribution is 8.14. The SMILES string of the molecule is Nc1ccc(C2=NN=C(N3CCCCC3)SC2)cc1. The summed E-state index contributed by atoms with van der Waals surface area (Å²) < 4.78 is 0. The number of amidine groups is 1. The first-order valence-corrected chi connectivity index (χ1v) is 7.70. The van der Waals surface area contributed by atoms with Crippen molar-refractivity contribution < 1.29 is 0 Å². The molecule has 19 heavy (non-hydrogen) atoms. The van der Waals surface area contributed by atoms with Crippen molar-refractivity contribution in [3.8, 4) is 0 Å². The van der Waals surface area contributed by atoms with Gasteiger partial charge in [0, 0.05) is 24.5 Å². The molecule has 0 aliphatic carbocycles. The van der Waals surface area contributed by atoms with Gasteiger partial charge in [0.25, 0.3) is 0 Å². The van der Waals surface area contributed by atoms with E-state index in [-0.39, 0.29) is 0 Å². The van der Waals surface area contributed by atoms with E-state index in [1.165, 1.54) is 19.3 Å². The van der Waals surface area contributed by atoms with Gasteiger partial charge in [0.15, 0.2) is 5.17 Å². The van der Waals surface area contributed by atoms with E-state index in [1.54, 1.807) is 11.8 Å². The lowest BCUT2D eigenvalue weighted by molar-refractivity contribution is 0.347. The molecule has 2 aliphatic rings. The quantitative estimate of drug-likeness (QED) is 0.801. The van der Waals surface area contributed by atoms with Gasteiger partial charge < -0.3 is 10.6 Å². The number of likely N-dealkylation sites (tertiary alicyclic amines) is 1. The Balaban J connectivity index is 1.74. The van der Waals surface area contributed by atoms with Gasteiger partial charge in [-0.1, -0.05) is 23.9 Å². The Morgan fingerprint density at radius 1 is 1.00 bits per heavy atom. The summed E-state index contributed by atoms with van der Waals surface area (Å²) in [5.41, 5.74) is 8.63. The van der Waals surface area contributed by atoms with Crippen molar-refractivity contribution in [2.75, 3.05) is 24.6 Å². The van der Waals surface area contributed by atoms with E-state index in [0.29, 0.717) is 0 Å². The van der Waals surface area contributed by atoms with E-state index < -0.39 is 0 Å². The lowest BCUT2D eigenvalue weighted by Gasteiger charge is -2.29. The molecule has 0 unspecified atom stereocenters. The Bertz CT molecular complexity index is 501. The average Bonchev–Trinajstić information content (AvgIpc) is 2.49. The Hall–Kier alpha value is -1.49. The molecule has 2 aliphatic heterocycles. The van der Waals surface area contributed by atoms with Crippen molar-refractivity contribution >= 4 is 28.3 Å². The maximum Gasteiger partial charge on any atom is 0.186 e. The van der Waals surface area contributed by atoms with Crippen LogP contribution in [0.2, 0.25) is 0 Å². The number of nitrogens with zero attached hydrogens (tertiary/aromatic N) is 3. The second-order valence-corrected chi connectivity index (χ2v) is 5.83. The molecule has 4 nitrogen and oxygen atoms in total. The molecule has 0 aromatic heterocycles. The van der Waals surface area contributed by atoms with Crippen LogP contribution in [0.3, 0.4) is 0 Å². The number of nitrogen functional groups attached to an aromatic ring is 1. The lowest BCUT2D eigenvalue weighted by atomic mass is 10.1. The van der Waals surface area contributed by atoms with Crippen LogP contribution < -0.4 is 5.73 Å². The molecular weight excluding hydrogens is 256 g/mol. The Morgan fingerprint density at radius 2 is 1.74 bits per heavy atom. The molecule has 2 heterocycles. The summed E-state index contributed by atoms with van der Waals surface area (Å²) in [6, 6.07) is 7.84. The fraction of sp³-hybridized carbons (Fsp3) is 0.429. The molecule has 1 saturated heterocycles. The highest BCUT2D eigenvalue weighted by atomic mass is 32.2. The molecule has 5 heteroatoms. The highest BCUT2D eigenvalue weighted by Gasteiger charge is 2.19. The lowest BCUT2D eigenvalue weighted by Crippen LogP contribution is -2.35. The average molecular weight is 274 g/mol. The second kappa shape index (κ2) is 5.65. The number of hydrogen-bond donors (Lipinski definition) is 1. The topological polar surface area (TPSA) is 54.0 Å². The smallest absolute Gasteiger partial charge is 0.186 e. The van der Waals surface area contributed by atoms with Gasteiger partial charge in [0.1, 0.15) is 0 Å². The number of rotatable bonds is 1. The fourth-order valence-corrected chi connectivity index (χ4v) is 3.30. The van der Waals surface area contributed by atoms with Gasteiger partial charge in [-0.25, -0.2) is 0 Å². The monoisotopic (exact) mass is 274 g/mol. The molecule has 3 rings (SSSR count). The third-order valence-electron chi connectivity index (χ3n) is 3.46. The minimum absolute atomic E-state index is 0.783. The molecule has 1 aromatic carbocycles. The number of hydrogen-bond acceptors (Lipinski definition) is 5. The maximum atomic E-state index is 5.70. The number of benzene rings is 1. The summed E-state index contributed by atoms with van der Waals surface area (Å²) in [5.74, 6) is 0.888. The number of anilines is 1. The minimum atomic E-state index is 0.783. The third-order valence-corrected chi connectivity index (χ3v) is 4.48. The molecule has 2 N–H and O–H groups in total. The van der Waals surface area contributed by atoms with Crippen molar-refractivity contribution in [2.24, 2.45) is 10.2 Å². The van der Waals surface area contributed by atoms with Crippen molar-refractivity contribution in [1.29, 1.82) is 0 Å². The molecule has 0 radical (unpaired) electrons. The summed E-state index contributed by atoms with van der Waals surface area (Å²) in [5, 5.41) is 9.87. The maximum absolute atomic E-state index is 5.70. The summed E-state index contributed by atoms with van der Waals surface area (Å²) in [6.07, 6.45) is 3.89. The van der Waals surface area contributed by atoms with E-state index >= 15 is 0 Å². The largest absolute Gasteiger partial charge is 0.399 e. The van der Waals surface area contributed by atoms with Crippen molar-refractivity contribution in [3.05, 3.63) is 29.8 Å². The van der Waals surface area contributed by atoms with Gasteiger partial charge in [-0.05, 0) is 37.0 Å². The van der Waals surface area contributed by atoms with Crippen LogP contribution in [0.15, 0.2) is 34.5 Å². The number of thioether (sulfide) groups is 1. The fourth-order valence-electron chi connectivity index (χ4n) is 2.35. The van der Waals surface area contributed by atoms with Crippen molar-refractivity contribution in [3.63, 3.8) is 0 Å². The van der Waals surface area contributed by atoms with Gasteiger partial charge in [-0.2, -0.15) is 5.10 Å². The van der Waals surface area contributed by atoms with Crippen LogP contribution in [0.1, 0.15) is 24.8 Å². The van der Waals surface area contributed by atoms with Gasteiger partial charge >= 0.3 is 0 Å². The predicted octanol–water partition coefficient (Wildman–Crippen LogP) is 2.56. The van der Waals surface area contributed by atoms with Gasteiger partial charge in [0.05, 0.1) is 5.71 Å². The summed E-state index contributed by atoms with van der Waals surface area (Å²) in [6.45, 7) is 2.25. The highest BCUT2D eigenvalue weighted by Crippen LogP contribution is 2.21. The van der Waals surface area contributed by atoms with Crippen molar-refractivity contribution in [1.82, 2.24) is 4.90 Å². The predicted molar refractivity (Wildman–Crippen MR) is 82.7 cm³/mol. The zero-order chi connectivity index (χ0) is 13.1. The van der Waals surface area contributed by atoms with Crippen LogP contribution in [0.4, 0.5) is 5.69 Å². The third kappa shape index (κ3) is 2.92. The molecule has 0 spiro atoms. The Kier molecular flexibility index (Phi) is 3.73. The first-order chi connectivity index (χ1) is 9.33. The molecule has 0 bridgehead atoms. The van der Waals surface area contributed by atoms with Crippen molar-refractivity contribution in [2.45, 2.75) is 19.3 Å². The number of nitrogens with two attached hydrogens (primary N) is 1. The summed E-state index contributed by atoms with van der Waals surface area (Å²) in [7, 11) is 0. The molecule has 0 amide bonds. The van der Waals surface area contributed by atoms with E-state index in [1.807, 2.05) is 24.3 Å². The minimum Gasteiger partial charge on any atom is -0.399 e. The van der Waals surface area contributed by atoms with Crippen LogP contribution in [0.25, 0.3) is 0 Å². The normalized spacial score (nSPS) is 19.9. The van der Waals surface area contributed by atoms with Gasteiger partial charge in [-0.3, -0.25) is 0 Å². The summed E-state index contributed by atoms with van der Waals surface area (Å²) >= 11 is 1.79. The van der Waals surface area contributed by atoms with E-state index in [9.17, 15) is 0 Å². The van der Waals surface area contributed by atoms with Crippen LogP contribution >= 0.6 is 11.8 Å². The Morgan fingerprint density at radius 3 is 2.37 bits per heavy atom. The molecule has 100 valence electrons. The van der Waals surface area contributed by atoms with Crippen LogP contribution in [0, 0.1) is 0 Å². The van der Waals surface area contributed by atoms with Gasteiger partial charge in [0.2, 0.25) is 0 Å². The van der Waals surface area contributed by atoms with E-state index in [4.69, 9.17) is 5.73 Å². The molecule has 0 saturated carbocycles. The zero-order valence-electron chi connectivity index (χ0n) is 10.9. The molecular formula is C14H18N4S. The molecule has 1 fully saturated rings. The van der Waals surface area contributed by atoms with Crippen LogP contribution in [-0.2, 0) is 0 Å². The first kappa shape index (κ1) is 12.5. The van der Waals surface area contributed by atoms with Crippen LogP contribution in [0.5, 0.6) is 0 Å². The zero-order valence-corrected chi connectivity index (χ0v) is 11.7. The summed E-state index contributed by atoms with van der Waals surface area (Å²) in [4.78, 5) is 2.36. The van der Waals surface area contributed by atoms with Gasteiger partial charge in [-0.15, -0.1) is 5.10 Å². The number of piperidine rings is 1. The molecule has 1 aromatic rings. The molecule has 0 atom stereocenters. The van der Waals surface area contributed by atoms with Crippen LogP contribution in [-0.4, -0.2) is 34.6 Å².